The number of phenols is 1. The Bertz CT molecular complexity index is 1210. The van der Waals surface area contributed by atoms with Crippen molar-refractivity contribution in [2.45, 2.75) is 19.4 Å². The van der Waals surface area contributed by atoms with Crippen LogP contribution in [-0.4, -0.2) is 67.6 Å². The van der Waals surface area contributed by atoms with Crippen LogP contribution in [0.2, 0.25) is 0 Å². The normalized spacial score (nSPS) is 17.4. The number of amides is 1. The van der Waals surface area contributed by atoms with Gasteiger partial charge in [0.2, 0.25) is 17.6 Å². The van der Waals surface area contributed by atoms with Crippen LogP contribution in [0.25, 0.3) is 11.0 Å². The van der Waals surface area contributed by atoms with E-state index in [1.807, 2.05) is 28.8 Å². The Morgan fingerprint density at radius 2 is 1.80 bits per heavy atom. The van der Waals surface area contributed by atoms with E-state index in [2.05, 4.69) is 0 Å². The van der Waals surface area contributed by atoms with Crippen molar-refractivity contribution >= 4 is 28.9 Å². The third kappa shape index (κ3) is 4.25. The van der Waals surface area contributed by atoms with Crippen LogP contribution in [0, 0.1) is 5.92 Å². The number of benzene rings is 2. The van der Waals surface area contributed by atoms with Gasteiger partial charge in [-0.2, -0.15) is 0 Å². The second kappa shape index (κ2) is 10.2. The number of nitrogens with zero attached hydrogens (tertiary/aromatic N) is 3. The van der Waals surface area contributed by atoms with E-state index in [4.69, 9.17) is 23.9 Å². The SMILES string of the molecule is CCOC(=O)[C@H]1C(=O)N(CCCOC)c2nc3ccccc3n2[C@H]1c1cc(OC)c(O)c(OC)c1. The molecular formula is C25H29N3O7. The third-order valence-electron chi connectivity index (χ3n) is 6.06. The Morgan fingerprint density at radius 3 is 2.43 bits per heavy atom. The van der Waals surface area contributed by atoms with Crippen molar-refractivity contribution < 1.29 is 33.6 Å². The van der Waals surface area contributed by atoms with Crippen molar-refractivity contribution in [1.29, 1.82) is 0 Å². The number of rotatable bonds is 9. The third-order valence-corrected chi connectivity index (χ3v) is 6.06. The van der Waals surface area contributed by atoms with Crippen LogP contribution in [0.4, 0.5) is 5.95 Å². The highest BCUT2D eigenvalue weighted by Gasteiger charge is 2.48. The lowest BCUT2D eigenvalue weighted by Gasteiger charge is -2.38. The van der Waals surface area contributed by atoms with Gasteiger partial charge in [0.15, 0.2) is 17.4 Å². The highest BCUT2D eigenvalue weighted by atomic mass is 16.5. The van der Waals surface area contributed by atoms with Gasteiger partial charge in [0.25, 0.3) is 0 Å². The van der Waals surface area contributed by atoms with Crippen LogP contribution >= 0.6 is 0 Å². The summed E-state index contributed by atoms with van der Waals surface area (Å²) in [5.74, 6) is -1.70. The van der Waals surface area contributed by atoms with Crippen LogP contribution in [0.5, 0.6) is 17.2 Å². The number of fused-ring (bicyclic) bond motifs is 3. The number of hydrogen-bond donors (Lipinski definition) is 1. The molecule has 0 saturated carbocycles. The summed E-state index contributed by atoms with van der Waals surface area (Å²) in [6, 6.07) is 9.86. The minimum atomic E-state index is -1.19. The molecule has 3 aromatic rings. The Balaban J connectivity index is 1.99. The molecule has 1 aromatic heterocycles. The number of carbonyl (C=O) groups excluding carboxylic acids is 2. The van der Waals surface area contributed by atoms with Crippen LogP contribution in [-0.2, 0) is 19.1 Å². The van der Waals surface area contributed by atoms with Gasteiger partial charge in [0, 0.05) is 20.3 Å². The molecule has 0 unspecified atom stereocenters. The minimum absolute atomic E-state index is 0.124. The van der Waals surface area contributed by atoms with Gasteiger partial charge in [-0.05, 0) is 43.2 Å². The summed E-state index contributed by atoms with van der Waals surface area (Å²) < 4.78 is 23.1. The largest absolute Gasteiger partial charge is 0.502 e. The van der Waals surface area contributed by atoms with Gasteiger partial charge in [-0.25, -0.2) is 4.98 Å². The first-order valence-corrected chi connectivity index (χ1v) is 11.4. The molecule has 0 fully saturated rings. The quantitative estimate of drug-likeness (QED) is 0.281. The summed E-state index contributed by atoms with van der Waals surface area (Å²) in [6.45, 7) is 2.59. The maximum atomic E-state index is 13.9. The first kappa shape index (κ1) is 24.3. The molecule has 2 aromatic carbocycles. The van der Waals surface area contributed by atoms with E-state index in [0.29, 0.717) is 36.6 Å². The first-order chi connectivity index (χ1) is 17.0. The highest BCUT2D eigenvalue weighted by molar-refractivity contribution is 6.08. The average molecular weight is 484 g/mol. The lowest BCUT2D eigenvalue weighted by molar-refractivity contribution is -0.153. The Hall–Kier alpha value is -3.79. The number of carbonyl (C=O) groups is 2. The van der Waals surface area contributed by atoms with Gasteiger partial charge >= 0.3 is 5.97 Å². The van der Waals surface area contributed by atoms with E-state index < -0.39 is 23.8 Å². The zero-order chi connectivity index (χ0) is 25.1. The molecule has 0 radical (unpaired) electrons. The fourth-order valence-corrected chi connectivity index (χ4v) is 4.51. The maximum Gasteiger partial charge on any atom is 0.321 e. The van der Waals surface area contributed by atoms with Crippen molar-refractivity contribution in [3.63, 3.8) is 0 Å². The van der Waals surface area contributed by atoms with Gasteiger partial charge in [-0.15, -0.1) is 0 Å². The summed E-state index contributed by atoms with van der Waals surface area (Å²) in [7, 11) is 4.43. The van der Waals surface area contributed by atoms with Gasteiger partial charge in [0.05, 0.1) is 37.9 Å². The molecule has 1 amide bonds. The maximum absolute atomic E-state index is 13.9. The summed E-state index contributed by atoms with van der Waals surface area (Å²) >= 11 is 0. The highest BCUT2D eigenvalue weighted by Crippen LogP contribution is 2.45. The Labute approximate surface area is 203 Å². The molecule has 4 rings (SSSR count). The van der Waals surface area contributed by atoms with Crippen molar-refractivity contribution in [3.05, 3.63) is 42.0 Å². The van der Waals surface area contributed by atoms with Crippen molar-refractivity contribution in [2.75, 3.05) is 46.0 Å². The lowest BCUT2D eigenvalue weighted by Crippen LogP contribution is -2.50. The van der Waals surface area contributed by atoms with E-state index in [1.54, 1.807) is 26.2 Å². The number of phenolic OH excluding ortho intramolecular Hbond substituents is 1. The summed E-state index contributed by atoms with van der Waals surface area (Å²) in [5.41, 5.74) is 1.96. The molecule has 1 N–H and O–H groups in total. The van der Waals surface area contributed by atoms with Gasteiger partial charge in [-0.3, -0.25) is 14.5 Å². The molecule has 2 atom stereocenters. The van der Waals surface area contributed by atoms with Gasteiger partial charge in [0.1, 0.15) is 0 Å². The van der Waals surface area contributed by atoms with Crippen molar-refractivity contribution in [1.82, 2.24) is 9.55 Å². The van der Waals surface area contributed by atoms with Crippen molar-refractivity contribution in [2.24, 2.45) is 5.92 Å². The van der Waals surface area contributed by atoms with Crippen LogP contribution in [0.15, 0.2) is 36.4 Å². The number of para-hydroxylation sites is 2. The molecule has 1 aliphatic heterocycles. The smallest absolute Gasteiger partial charge is 0.321 e. The standard InChI is InChI=1S/C25H29N3O7/c1-5-35-24(31)20-21(15-13-18(33-3)22(29)19(14-15)34-4)28-17-10-7-6-9-16(17)26-25(28)27(23(20)30)11-8-12-32-2/h6-7,9-10,13-14,20-21,29H,5,8,11-12H2,1-4H3/t20-,21+/m1/s1. The molecule has 0 saturated heterocycles. The number of aromatic hydroxyl groups is 1. The second-order valence-electron chi connectivity index (χ2n) is 8.06. The monoisotopic (exact) mass is 483 g/mol. The Kier molecular flexibility index (Phi) is 7.11. The van der Waals surface area contributed by atoms with Crippen LogP contribution in [0.3, 0.4) is 0 Å². The zero-order valence-corrected chi connectivity index (χ0v) is 20.2. The number of methoxy groups -OCH3 is 3. The van der Waals surface area contributed by atoms with E-state index in [9.17, 15) is 14.7 Å². The topological polar surface area (TPSA) is 112 Å². The lowest BCUT2D eigenvalue weighted by atomic mass is 9.89. The predicted octanol–water partition coefficient (Wildman–Crippen LogP) is 2.91. The van der Waals surface area contributed by atoms with E-state index >= 15 is 0 Å². The van der Waals surface area contributed by atoms with Crippen LogP contribution in [0.1, 0.15) is 24.9 Å². The molecular weight excluding hydrogens is 454 g/mol. The molecule has 0 bridgehead atoms. The number of aromatic nitrogens is 2. The molecule has 2 heterocycles. The fourth-order valence-electron chi connectivity index (χ4n) is 4.51. The van der Waals surface area contributed by atoms with Gasteiger partial charge in [-0.1, -0.05) is 12.1 Å². The van der Waals surface area contributed by atoms with Crippen molar-refractivity contribution in [3.8, 4) is 17.2 Å². The molecule has 35 heavy (non-hydrogen) atoms. The van der Waals surface area contributed by atoms with Crippen LogP contribution < -0.4 is 14.4 Å². The summed E-state index contributed by atoms with van der Waals surface area (Å²) in [4.78, 5) is 33.4. The summed E-state index contributed by atoms with van der Waals surface area (Å²) in [6.07, 6.45) is 0.562. The predicted molar refractivity (Wildman–Crippen MR) is 128 cm³/mol. The van der Waals surface area contributed by atoms with E-state index in [0.717, 1.165) is 5.52 Å². The number of ether oxygens (including phenoxy) is 4. The molecule has 0 spiro atoms. The van der Waals surface area contributed by atoms with E-state index in [-0.39, 0.29) is 23.9 Å². The molecule has 10 nitrogen and oxygen atoms in total. The Morgan fingerprint density at radius 1 is 1.11 bits per heavy atom. The molecule has 10 heteroatoms. The molecule has 0 aliphatic carbocycles. The average Bonchev–Trinajstić information content (AvgIpc) is 3.24. The number of imidazole rings is 1. The number of esters is 1. The minimum Gasteiger partial charge on any atom is -0.502 e. The molecule has 1 aliphatic rings. The second-order valence-corrected chi connectivity index (χ2v) is 8.06. The van der Waals surface area contributed by atoms with E-state index in [1.165, 1.54) is 19.1 Å². The number of anilines is 1. The first-order valence-electron chi connectivity index (χ1n) is 11.4. The summed E-state index contributed by atoms with van der Waals surface area (Å²) in [5, 5.41) is 10.5. The fraction of sp³-hybridized carbons (Fsp3) is 0.400. The zero-order valence-electron chi connectivity index (χ0n) is 20.2. The molecule has 186 valence electrons. The number of hydrogen-bond acceptors (Lipinski definition) is 8. The van der Waals surface area contributed by atoms with Gasteiger partial charge < -0.3 is 28.6 Å².